The normalized spacial score (nSPS) is 10.6. The van der Waals surface area contributed by atoms with Gasteiger partial charge >= 0.3 is 5.97 Å². The number of carbonyl (C=O) groups excluding carboxylic acids is 2. The fourth-order valence-electron chi connectivity index (χ4n) is 2.75. The van der Waals surface area contributed by atoms with Gasteiger partial charge in [-0.05, 0) is 73.2 Å². The number of halogens is 1. The zero-order valence-corrected chi connectivity index (χ0v) is 19.8. The first kappa shape index (κ1) is 24.0. The van der Waals surface area contributed by atoms with Crippen LogP contribution in [0.2, 0.25) is 0 Å². The van der Waals surface area contributed by atoms with Crippen LogP contribution in [0, 0.1) is 0 Å². The van der Waals surface area contributed by atoms with Gasteiger partial charge in [0.25, 0.3) is 5.91 Å². The highest BCUT2D eigenvalue weighted by atomic mass is 79.9. The molecule has 1 amide bonds. The second-order valence-electron chi connectivity index (χ2n) is 6.87. The Morgan fingerprint density at radius 1 is 0.970 bits per heavy atom. The van der Waals surface area contributed by atoms with Crippen LogP contribution in [0.5, 0.6) is 17.2 Å². The molecule has 170 valence electrons. The quantitative estimate of drug-likeness (QED) is 0.184. The number of hydrogen-bond donors (Lipinski definition) is 1. The van der Waals surface area contributed by atoms with Gasteiger partial charge in [0.05, 0.1) is 25.5 Å². The van der Waals surface area contributed by atoms with Crippen molar-refractivity contribution in [2.75, 3.05) is 13.7 Å². The number of benzene rings is 3. The van der Waals surface area contributed by atoms with E-state index in [0.29, 0.717) is 40.5 Å². The van der Waals surface area contributed by atoms with Gasteiger partial charge in [-0.3, -0.25) is 4.79 Å². The number of nitrogens with one attached hydrogen (secondary N) is 1. The molecule has 0 aliphatic carbocycles. The lowest BCUT2D eigenvalue weighted by Crippen LogP contribution is -2.17. The van der Waals surface area contributed by atoms with Gasteiger partial charge in [-0.2, -0.15) is 5.10 Å². The summed E-state index contributed by atoms with van der Waals surface area (Å²) >= 11 is 3.39. The molecule has 0 atom stereocenters. The van der Waals surface area contributed by atoms with Crippen LogP contribution in [0.1, 0.15) is 39.6 Å². The molecule has 8 heteroatoms. The van der Waals surface area contributed by atoms with E-state index >= 15 is 0 Å². The number of esters is 1. The van der Waals surface area contributed by atoms with E-state index in [1.54, 1.807) is 73.8 Å². The molecule has 33 heavy (non-hydrogen) atoms. The van der Waals surface area contributed by atoms with Crippen molar-refractivity contribution < 1.29 is 23.8 Å². The van der Waals surface area contributed by atoms with Crippen molar-refractivity contribution in [1.29, 1.82) is 0 Å². The van der Waals surface area contributed by atoms with E-state index in [1.807, 2.05) is 6.92 Å². The average Bonchev–Trinajstić information content (AvgIpc) is 2.84. The molecule has 0 heterocycles. The van der Waals surface area contributed by atoms with Crippen LogP contribution in [0.4, 0.5) is 0 Å². The first-order valence-corrected chi connectivity index (χ1v) is 11.0. The molecule has 0 fully saturated rings. The summed E-state index contributed by atoms with van der Waals surface area (Å²) in [6.07, 6.45) is 2.31. The van der Waals surface area contributed by atoms with Gasteiger partial charge in [-0.1, -0.05) is 22.9 Å². The van der Waals surface area contributed by atoms with Gasteiger partial charge in [0.15, 0.2) is 0 Å². The van der Waals surface area contributed by atoms with E-state index in [1.165, 1.54) is 6.21 Å². The van der Waals surface area contributed by atoms with Gasteiger partial charge in [0.2, 0.25) is 0 Å². The van der Waals surface area contributed by atoms with Gasteiger partial charge in [-0.25, -0.2) is 10.2 Å². The highest BCUT2D eigenvalue weighted by molar-refractivity contribution is 9.10. The van der Waals surface area contributed by atoms with Crippen molar-refractivity contribution in [1.82, 2.24) is 5.43 Å². The Kier molecular flexibility index (Phi) is 8.60. The molecule has 0 aromatic heterocycles. The smallest absolute Gasteiger partial charge is 0.343 e. The number of carbonyl (C=O) groups is 2. The number of methoxy groups -OCH3 is 1. The second kappa shape index (κ2) is 11.8. The molecule has 0 saturated carbocycles. The predicted molar refractivity (Wildman–Crippen MR) is 129 cm³/mol. The third-order valence-corrected chi connectivity index (χ3v) is 4.95. The van der Waals surface area contributed by atoms with E-state index in [9.17, 15) is 9.59 Å². The summed E-state index contributed by atoms with van der Waals surface area (Å²) in [5.41, 5.74) is 3.79. The molecule has 7 nitrogen and oxygen atoms in total. The summed E-state index contributed by atoms with van der Waals surface area (Å²) in [5.74, 6) is 0.748. The van der Waals surface area contributed by atoms with E-state index in [2.05, 4.69) is 26.5 Å². The number of rotatable bonds is 9. The van der Waals surface area contributed by atoms with Crippen molar-refractivity contribution in [2.24, 2.45) is 5.10 Å². The Labute approximate surface area is 200 Å². The molecule has 0 saturated heterocycles. The number of amides is 1. The molecule has 3 aromatic rings. The van der Waals surface area contributed by atoms with Gasteiger partial charge in [0, 0.05) is 15.6 Å². The summed E-state index contributed by atoms with van der Waals surface area (Å²) in [4.78, 5) is 24.9. The Morgan fingerprint density at radius 3 is 2.30 bits per heavy atom. The summed E-state index contributed by atoms with van der Waals surface area (Å²) in [6, 6.07) is 18.5. The third kappa shape index (κ3) is 6.92. The fourth-order valence-corrected chi connectivity index (χ4v) is 3.13. The second-order valence-corrected chi connectivity index (χ2v) is 7.79. The minimum atomic E-state index is -0.517. The molecule has 0 radical (unpaired) electrons. The molecule has 3 rings (SSSR count). The van der Waals surface area contributed by atoms with Crippen LogP contribution in [0.3, 0.4) is 0 Å². The number of nitrogens with zero attached hydrogens (tertiary/aromatic N) is 1. The predicted octanol–water partition coefficient (Wildman–Crippen LogP) is 5.23. The average molecular weight is 511 g/mol. The van der Waals surface area contributed by atoms with Crippen molar-refractivity contribution in [2.45, 2.75) is 13.3 Å². The van der Waals surface area contributed by atoms with Crippen LogP contribution >= 0.6 is 15.9 Å². The van der Waals surface area contributed by atoms with E-state index < -0.39 is 5.97 Å². The topological polar surface area (TPSA) is 86.2 Å². The van der Waals surface area contributed by atoms with Crippen LogP contribution in [0.25, 0.3) is 0 Å². The standard InChI is InChI=1S/C25H23BrN2O5/c1-3-14-32-22-11-6-18(7-12-22)25(30)33-23-13-8-20(26)15-19(23)16-27-28-24(29)17-4-9-21(31-2)10-5-17/h4-13,15-16H,3,14H2,1-2H3,(H,28,29). The third-order valence-electron chi connectivity index (χ3n) is 4.46. The highest BCUT2D eigenvalue weighted by Gasteiger charge is 2.12. The molecule has 0 aliphatic heterocycles. The van der Waals surface area contributed by atoms with Crippen LogP contribution < -0.4 is 19.6 Å². The Morgan fingerprint density at radius 2 is 1.64 bits per heavy atom. The molecule has 3 aromatic carbocycles. The minimum absolute atomic E-state index is 0.303. The molecule has 0 spiro atoms. The largest absolute Gasteiger partial charge is 0.497 e. The lowest BCUT2D eigenvalue weighted by atomic mass is 10.2. The SMILES string of the molecule is CCCOc1ccc(C(=O)Oc2ccc(Br)cc2C=NNC(=O)c2ccc(OC)cc2)cc1. The fraction of sp³-hybridized carbons (Fsp3) is 0.160. The van der Waals surface area contributed by atoms with Gasteiger partial charge in [0.1, 0.15) is 17.2 Å². The summed E-state index contributed by atoms with van der Waals surface area (Å²) in [5, 5.41) is 4.00. The maximum atomic E-state index is 12.6. The molecule has 0 bridgehead atoms. The van der Waals surface area contributed by atoms with Crippen molar-refractivity contribution in [3.05, 3.63) is 87.9 Å². The van der Waals surface area contributed by atoms with Gasteiger partial charge in [-0.15, -0.1) is 0 Å². The Balaban J connectivity index is 1.68. The molecular weight excluding hydrogens is 488 g/mol. The zero-order valence-electron chi connectivity index (χ0n) is 18.2. The highest BCUT2D eigenvalue weighted by Crippen LogP contribution is 2.23. The van der Waals surface area contributed by atoms with Crippen molar-refractivity contribution >= 4 is 34.0 Å². The van der Waals surface area contributed by atoms with Crippen LogP contribution in [-0.4, -0.2) is 31.8 Å². The lowest BCUT2D eigenvalue weighted by Gasteiger charge is -2.09. The zero-order chi connectivity index (χ0) is 23.6. The molecule has 1 N–H and O–H groups in total. The van der Waals surface area contributed by atoms with E-state index in [4.69, 9.17) is 14.2 Å². The first-order valence-electron chi connectivity index (χ1n) is 10.2. The number of hydrazone groups is 1. The number of ether oxygens (including phenoxy) is 3. The maximum absolute atomic E-state index is 12.6. The molecule has 0 aliphatic rings. The van der Waals surface area contributed by atoms with E-state index in [0.717, 1.165) is 10.9 Å². The Hall–Kier alpha value is -3.65. The van der Waals surface area contributed by atoms with Crippen molar-refractivity contribution in [3.8, 4) is 17.2 Å². The summed E-state index contributed by atoms with van der Waals surface area (Å²) in [7, 11) is 1.55. The monoisotopic (exact) mass is 510 g/mol. The molecular formula is C25H23BrN2O5. The molecule has 0 unspecified atom stereocenters. The minimum Gasteiger partial charge on any atom is -0.497 e. The maximum Gasteiger partial charge on any atom is 0.343 e. The van der Waals surface area contributed by atoms with Gasteiger partial charge < -0.3 is 14.2 Å². The lowest BCUT2D eigenvalue weighted by molar-refractivity contribution is 0.0734. The Bertz CT molecular complexity index is 1130. The summed E-state index contributed by atoms with van der Waals surface area (Å²) in [6.45, 7) is 2.63. The number of hydrogen-bond acceptors (Lipinski definition) is 6. The van der Waals surface area contributed by atoms with Crippen molar-refractivity contribution in [3.63, 3.8) is 0 Å². The first-order chi connectivity index (χ1) is 16.0. The van der Waals surface area contributed by atoms with Crippen LogP contribution in [0.15, 0.2) is 76.3 Å². The van der Waals surface area contributed by atoms with Crippen LogP contribution in [-0.2, 0) is 0 Å². The summed E-state index contributed by atoms with van der Waals surface area (Å²) < 4.78 is 16.9. The van der Waals surface area contributed by atoms with E-state index in [-0.39, 0.29) is 5.91 Å².